The normalized spacial score (nSPS) is 28.0. The molecule has 0 aromatic rings. The first kappa shape index (κ1) is 24.5. The molecule has 1 amide bonds. The number of hydrogen-bond acceptors (Lipinski definition) is 6. The first-order valence-corrected chi connectivity index (χ1v) is 16.3. The van der Waals surface area contributed by atoms with Gasteiger partial charge in [0.05, 0.1) is 6.61 Å². The molecule has 2 heterocycles. The molecule has 0 bridgehead atoms. The molecule has 168 valence electrons. The van der Waals surface area contributed by atoms with E-state index in [1.807, 2.05) is 0 Å². The lowest BCUT2D eigenvalue weighted by atomic mass is 10.1. The third-order valence-electron chi connectivity index (χ3n) is 6.71. The van der Waals surface area contributed by atoms with Crippen LogP contribution in [0.5, 0.6) is 0 Å². The lowest BCUT2D eigenvalue weighted by Crippen LogP contribution is -2.51. The van der Waals surface area contributed by atoms with Gasteiger partial charge in [0.1, 0.15) is 12.2 Å². The molecule has 2 rings (SSSR count). The van der Waals surface area contributed by atoms with Crippen molar-refractivity contribution in [2.24, 2.45) is 4.99 Å². The number of hydrogen-bond donors (Lipinski definition) is 1. The molecule has 0 aliphatic carbocycles. The number of nitrogens with one attached hydrogen (secondary N) is 1. The van der Waals surface area contributed by atoms with Crippen LogP contribution in [-0.2, 0) is 23.1 Å². The third kappa shape index (κ3) is 5.49. The predicted molar refractivity (Wildman–Crippen MR) is 120 cm³/mol. The maximum absolute atomic E-state index is 11.4. The van der Waals surface area contributed by atoms with Crippen molar-refractivity contribution in [2.45, 2.75) is 109 Å². The summed E-state index contributed by atoms with van der Waals surface area (Å²) in [7, 11) is -4.01. The van der Waals surface area contributed by atoms with Crippen molar-refractivity contribution in [3.63, 3.8) is 0 Å². The Morgan fingerprint density at radius 2 is 1.62 bits per heavy atom. The van der Waals surface area contributed by atoms with Crippen LogP contribution in [0.4, 0.5) is 0 Å². The number of carbonyl (C=O) groups excluding carboxylic acids is 1. The zero-order valence-electron chi connectivity index (χ0n) is 20.0. The van der Waals surface area contributed by atoms with E-state index in [2.05, 4.69) is 78.0 Å². The monoisotopic (exact) mass is 444 g/mol. The fourth-order valence-corrected chi connectivity index (χ4v) is 5.06. The average Bonchev–Trinajstić information content (AvgIpc) is 3.00. The summed E-state index contributed by atoms with van der Waals surface area (Å²) in [5, 5.41) is 2.78. The average molecular weight is 445 g/mol. The molecule has 1 N–H and O–H groups in total. The van der Waals surface area contributed by atoms with Gasteiger partial charge in [-0.25, -0.2) is 0 Å². The molecular weight excluding hydrogens is 404 g/mol. The van der Waals surface area contributed by atoms with Crippen LogP contribution < -0.4 is 5.32 Å². The van der Waals surface area contributed by atoms with Crippen LogP contribution in [-0.4, -0.2) is 59.7 Å². The Morgan fingerprint density at radius 3 is 2.10 bits per heavy atom. The molecule has 29 heavy (non-hydrogen) atoms. The van der Waals surface area contributed by atoms with Gasteiger partial charge < -0.3 is 18.3 Å². The van der Waals surface area contributed by atoms with Crippen molar-refractivity contribution >= 4 is 28.6 Å². The number of amidine groups is 1. The van der Waals surface area contributed by atoms with E-state index in [9.17, 15) is 4.79 Å². The van der Waals surface area contributed by atoms with Crippen LogP contribution >= 0.6 is 0 Å². The molecule has 0 aromatic heterocycles. The van der Waals surface area contributed by atoms with Gasteiger partial charge in [0.2, 0.25) is 5.91 Å². The summed E-state index contributed by atoms with van der Waals surface area (Å²) in [6.45, 7) is 24.1. The van der Waals surface area contributed by atoms with Gasteiger partial charge in [-0.3, -0.25) is 10.1 Å². The van der Waals surface area contributed by atoms with E-state index < -0.39 is 22.9 Å². The van der Waals surface area contributed by atoms with Gasteiger partial charge in [-0.05, 0) is 36.3 Å². The van der Waals surface area contributed by atoms with Crippen LogP contribution in [0, 0.1) is 0 Å². The molecule has 9 heteroatoms. The molecule has 1 fully saturated rings. The summed E-state index contributed by atoms with van der Waals surface area (Å²) in [6.07, 6.45) is -1.41. The lowest BCUT2D eigenvalue weighted by molar-refractivity contribution is -0.118. The highest BCUT2D eigenvalue weighted by Crippen LogP contribution is 2.42. The Morgan fingerprint density at radius 1 is 1.07 bits per heavy atom. The third-order valence-corrected chi connectivity index (χ3v) is 15.7. The van der Waals surface area contributed by atoms with Gasteiger partial charge in [-0.15, -0.1) is 0 Å². The molecule has 0 saturated carbocycles. The van der Waals surface area contributed by atoms with Gasteiger partial charge in [-0.2, -0.15) is 4.99 Å². The summed E-state index contributed by atoms with van der Waals surface area (Å²) in [4.78, 5) is 15.8. The lowest BCUT2D eigenvalue weighted by Gasteiger charge is -2.41. The Kier molecular flexibility index (Phi) is 6.82. The van der Waals surface area contributed by atoms with Crippen LogP contribution in [0.1, 0.15) is 48.5 Å². The number of fused-ring (bicyclic) bond motifs is 1. The molecule has 1 saturated heterocycles. The highest BCUT2D eigenvalue weighted by atomic mass is 28.4. The Labute approximate surface area is 178 Å². The minimum Gasteiger partial charge on any atom is -0.454 e. The zero-order chi connectivity index (χ0) is 22.4. The standard InChI is InChI=1S/C20H40N2O5Si2/c1-13(23)21-18-22-17-16(26-18)15(27-29(10,11)20(5,6)7)14(25-17)12-24-28(8,9)19(2,3)4/h14-17H,12H2,1-11H3,(H,21,22,23)/t14-,15-,16+,17-/m1/s1. The van der Waals surface area contributed by atoms with E-state index in [4.69, 9.17) is 18.3 Å². The molecule has 0 aromatic carbocycles. The fraction of sp³-hybridized carbons (Fsp3) is 0.900. The second kappa shape index (κ2) is 8.07. The maximum Gasteiger partial charge on any atom is 0.294 e. The zero-order valence-corrected chi connectivity index (χ0v) is 22.0. The molecule has 7 nitrogen and oxygen atoms in total. The van der Waals surface area contributed by atoms with E-state index in [0.29, 0.717) is 6.61 Å². The van der Waals surface area contributed by atoms with Crippen molar-refractivity contribution in [1.29, 1.82) is 0 Å². The molecule has 0 unspecified atom stereocenters. The van der Waals surface area contributed by atoms with Crippen molar-refractivity contribution < 1.29 is 23.1 Å². The van der Waals surface area contributed by atoms with E-state index in [1.165, 1.54) is 6.92 Å². The topological polar surface area (TPSA) is 78.4 Å². The van der Waals surface area contributed by atoms with Crippen molar-refractivity contribution in [3.05, 3.63) is 0 Å². The van der Waals surface area contributed by atoms with E-state index in [0.717, 1.165) is 0 Å². The van der Waals surface area contributed by atoms with Gasteiger partial charge in [-0.1, -0.05) is 41.5 Å². The fourth-order valence-electron chi connectivity index (χ4n) is 2.73. The quantitative estimate of drug-likeness (QED) is 0.648. The molecule has 0 radical (unpaired) electrons. The molecule has 4 atom stereocenters. The maximum atomic E-state index is 11.4. The second-order valence-electron chi connectivity index (χ2n) is 11.2. The predicted octanol–water partition coefficient (Wildman–Crippen LogP) is 4.01. The van der Waals surface area contributed by atoms with Crippen LogP contribution in [0.15, 0.2) is 4.99 Å². The van der Waals surface area contributed by atoms with Crippen LogP contribution in [0.25, 0.3) is 0 Å². The summed E-state index contributed by atoms with van der Waals surface area (Å²) in [5.74, 6) is -0.219. The number of ether oxygens (including phenoxy) is 2. The molecule has 0 spiro atoms. The van der Waals surface area contributed by atoms with Gasteiger partial charge >= 0.3 is 0 Å². The molecule has 2 aliphatic rings. The SMILES string of the molecule is CC(=O)NC1=N[C@@H]2O[C@H](CO[Si](C)(C)C(C)(C)C)[C@@H](O[Si](C)(C)C(C)(C)C)[C@@H]2O1. The highest BCUT2D eigenvalue weighted by molar-refractivity contribution is 6.74. The first-order chi connectivity index (χ1) is 12.9. The smallest absolute Gasteiger partial charge is 0.294 e. The second-order valence-corrected chi connectivity index (χ2v) is 20.7. The summed E-state index contributed by atoms with van der Waals surface area (Å²) in [6, 6.07) is 0.208. The van der Waals surface area contributed by atoms with Crippen molar-refractivity contribution in [1.82, 2.24) is 5.32 Å². The number of carbonyl (C=O) groups is 1. The highest BCUT2D eigenvalue weighted by Gasteiger charge is 2.54. The summed E-state index contributed by atoms with van der Waals surface area (Å²) in [5.41, 5.74) is 0. The summed E-state index contributed by atoms with van der Waals surface area (Å²) >= 11 is 0. The molecular formula is C20H40N2O5Si2. The van der Waals surface area contributed by atoms with E-state index in [1.54, 1.807) is 0 Å². The number of amides is 1. The number of nitrogens with zero attached hydrogens (tertiary/aromatic N) is 1. The van der Waals surface area contributed by atoms with Gasteiger partial charge in [0.25, 0.3) is 6.02 Å². The largest absolute Gasteiger partial charge is 0.454 e. The molecule has 2 aliphatic heterocycles. The van der Waals surface area contributed by atoms with Crippen LogP contribution in [0.2, 0.25) is 36.3 Å². The van der Waals surface area contributed by atoms with Crippen LogP contribution in [0.3, 0.4) is 0 Å². The Bertz CT molecular complexity index is 652. The minimum atomic E-state index is -2.08. The van der Waals surface area contributed by atoms with E-state index in [-0.39, 0.29) is 40.3 Å². The number of aliphatic imine (C=N–C) groups is 1. The minimum absolute atomic E-state index is 0.0514. The Hall–Kier alpha value is -0.746. The van der Waals surface area contributed by atoms with Gasteiger partial charge in [0.15, 0.2) is 29.0 Å². The van der Waals surface area contributed by atoms with E-state index >= 15 is 0 Å². The summed E-state index contributed by atoms with van der Waals surface area (Å²) < 4.78 is 25.3. The van der Waals surface area contributed by atoms with Crippen molar-refractivity contribution in [3.8, 4) is 0 Å². The number of rotatable bonds is 5. The van der Waals surface area contributed by atoms with Gasteiger partial charge in [0, 0.05) is 6.92 Å². The van der Waals surface area contributed by atoms with Crippen molar-refractivity contribution in [2.75, 3.05) is 6.61 Å². The first-order valence-electron chi connectivity index (χ1n) is 10.4. The Balaban J connectivity index is 2.20.